The number of nitrogens with one attached hydrogen (secondary N) is 1. The van der Waals surface area contributed by atoms with Crippen LogP contribution in [0, 0.1) is 0 Å². The normalized spacial score (nSPS) is 27.9. The molecular formula is C14H22N4O4. The maximum absolute atomic E-state index is 11.1. The number of ether oxygens (including phenoxy) is 1. The molecule has 3 N–H and O–H groups in total. The zero-order valence-corrected chi connectivity index (χ0v) is 12.4. The van der Waals surface area contributed by atoms with Gasteiger partial charge in [0.15, 0.2) is 0 Å². The second-order valence-electron chi connectivity index (χ2n) is 5.91. The number of aromatic carboxylic acids is 1. The summed E-state index contributed by atoms with van der Waals surface area (Å²) in [6.07, 6.45) is 2.17. The van der Waals surface area contributed by atoms with E-state index in [1.165, 1.54) is 0 Å². The Morgan fingerprint density at radius 2 is 2.23 bits per heavy atom. The molecule has 2 atom stereocenters. The molecule has 122 valence electrons. The second kappa shape index (κ2) is 6.74. The molecule has 1 aromatic heterocycles. The first-order valence-corrected chi connectivity index (χ1v) is 7.63. The predicted octanol–water partition coefficient (Wildman–Crippen LogP) is -0.625. The van der Waals surface area contributed by atoms with Gasteiger partial charge in [-0.3, -0.25) is 14.9 Å². The largest absolute Gasteiger partial charge is 0.477 e. The number of rotatable bonds is 4. The number of nitrogens with zero attached hydrogens (tertiary/aromatic N) is 3. The van der Waals surface area contributed by atoms with E-state index in [1.807, 2.05) is 0 Å². The van der Waals surface area contributed by atoms with Crippen molar-refractivity contribution in [3.05, 3.63) is 17.5 Å². The first kappa shape index (κ1) is 15.4. The van der Waals surface area contributed by atoms with E-state index in [2.05, 4.69) is 20.0 Å². The third-order valence-electron chi connectivity index (χ3n) is 4.44. The topological polar surface area (TPSA) is 102 Å². The van der Waals surface area contributed by atoms with Crippen LogP contribution in [-0.4, -0.2) is 87.7 Å². The van der Waals surface area contributed by atoms with E-state index < -0.39 is 12.1 Å². The lowest BCUT2D eigenvalue weighted by molar-refractivity contribution is 0.0687. The molecule has 2 aliphatic heterocycles. The summed E-state index contributed by atoms with van der Waals surface area (Å²) in [4.78, 5) is 15.6. The van der Waals surface area contributed by atoms with Crippen molar-refractivity contribution in [1.29, 1.82) is 0 Å². The van der Waals surface area contributed by atoms with Crippen molar-refractivity contribution in [2.45, 2.75) is 25.1 Å². The Labute approximate surface area is 128 Å². The van der Waals surface area contributed by atoms with Crippen LogP contribution in [0.5, 0.6) is 0 Å². The van der Waals surface area contributed by atoms with Gasteiger partial charge < -0.3 is 14.9 Å². The fourth-order valence-corrected chi connectivity index (χ4v) is 3.22. The molecule has 22 heavy (non-hydrogen) atoms. The van der Waals surface area contributed by atoms with E-state index in [0.29, 0.717) is 25.3 Å². The van der Waals surface area contributed by atoms with E-state index in [0.717, 1.165) is 32.6 Å². The highest BCUT2D eigenvalue weighted by atomic mass is 16.5. The molecule has 0 aromatic carbocycles. The SMILES string of the molecule is O=C(O)c1[nH]ncc1CN1CCCN([C@H]2COC[C@@H]2O)CC1. The highest BCUT2D eigenvalue weighted by molar-refractivity contribution is 5.86. The summed E-state index contributed by atoms with van der Waals surface area (Å²) in [5.74, 6) is -0.977. The Morgan fingerprint density at radius 3 is 2.95 bits per heavy atom. The van der Waals surface area contributed by atoms with Crippen molar-refractivity contribution in [2.75, 3.05) is 39.4 Å². The van der Waals surface area contributed by atoms with Crippen molar-refractivity contribution in [1.82, 2.24) is 20.0 Å². The van der Waals surface area contributed by atoms with Crippen molar-refractivity contribution < 1.29 is 19.7 Å². The van der Waals surface area contributed by atoms with E-state index in [1.54, 1.807) is 6.20 Å². The molecule has 1 aromatic rings. The van der Waals surface area contributed by atoms with Gasteiger partial charge in [0.1, 0.15) is 5.69 Å². The average molecular weight is 310 g/mol. The number of H-pyrrole nitrogens is 1. The van der Waals surface area contributed by atoms with Gasteiger partial charge in [0.05, 0.1) is 31.6 Å². The van der Waals surface area contributed by atoms with E-state index in [4.69, 9.17) is 9.84 Å². The summed E-state index contributed by atoms with van der Waals surface area (Å²) >= 11 is 0. The highest BCUT2D eigenvalue weighted by Crippen LogP contribution is 2.17. The Morgan fingerprint density at radius 1 is 1.36 bits per heavy atom. The van der Waals surface area contributed by atoms with Crippen LogP contribution >= 0.6 is 0 Å². The molecule has 0 saturated carbocycles. The fourth-order valence-electron chi connectivity index (χ4n) is 3.22. The molecule has 0 aliphatic carbocycles. The maximum atomic E-state index is 11.1. The number of hydrogen-bond donors (Lipinski definition) is 3. The van der Waals surface area contributed by atoms with Crippen LogP contribution in [0.2, 0.25) is 0 Å². The van der Waals surface area contributed by atoms with Crippen LogP contribution in [0.4, 0.5) is 0 Å². The number of hydrogen-bond acceptors (Lipinski definition) is 6. The van der Waals surface area contributed by atoms with Crippen LogP contribution in [0.15, 0.2) is 6.20 Å². The Kier molecular flexibility index (Phi) is 4.72. The first-order valence-electron chi connectivity index (χ1n) is 7.63. The molecule has 3 heterocycles. The molecule has 2 saturated heterocycles. The molecule has 0 radical (unpaired) electrons. The summed E-state index contributed by atoms with van der Waals surface area (Å²) in [7, 11) is 0. The Bertz CT molecular complexity index is 521. The van der Waals surface area contributed by atoms with Crippen LogP contribution in [0.1, 0.15) is 22.5 Å². The number of carbonyl (C=O) groups is 1. The molecule has 0 unspecified atom stereocenters. The zero-order chi connectivity index (χ0) is 15.5. The van der Waals surface area contributed by atoms with Crippen LogP contribution in [0.25, 0.3) is 0 Å². The molecule has 2 aliphatic rings. The van der Waals surface area contributed by atoms with Gasteiger partial charge in [0.25, 0.3) is 0 Å². The zero-order valence-electron chi connectivity index (χ0n) is 12.4. The van der Waals surface area contributed by atoms with Gasteiger partial charge in [-0.1, -0.05) is 0 Å². The molecule has 3 rings (SSSR count). The number of aromatic nitrogens is 2. The van der Waals surface area contributed by atoms with E-state index in [-0.39, 0.29) is 11.7 Å². The summed E-state index contributed by atoms with van der Waals surface area (Å²) in [5.41, 5.74) is 0.880. The van der Waals surface area contributed by atoms with Gasteiger partial charge in [-0.05, 0) is 19.5 Å². The van der Waals surface area contributed by atoms with Crippen molar-refractivity contribution >= 4 is 5.97 Å². The third-order valence-corrected chi connectivity index (χ3v) is 4.44. The summed E-state index contributed by atoms with van der Waals surface area (Å²) < 4.78 is 5.33. The minimum absolute atomic E-state index is 0.0865. The van der Waals surface area contributed by atoms with Gasteiger partial charge in [-0.15, -0.1) is 0 Å². The minimum Gasteiger partial charge on any atom is -0.477 e. The first-order chi connectivity index (χ1) is 10.6. The van der Waals surface area contributed by atoms with Crippen LogP contribution in [0.3, 0.4) is 0 Å². The summed E-state index contributed by atoms with van der Waals surface area (Å²) in [6, 6.07) is 0.0865. The predicted molar refractivity (Wildman–Crippen MR) is 77.6 cm³/mol. The molecule has 0 bridgehead atoms. The minimum atomic E-state index is -0.977. The van der Waals surface area contributed by atoms with E-state index >= 15 is 0 Å². The molecule has 8 heteroatoms. The average Bonchev–Trinajstić information content (AvgIpc) is 3.05. The lowest BCUT2D eigenvalue weighted by Gasteiger charge is -2.28. The lowest BCUT2D eigenvalue weighted by Crippen LogP contribution is -2.44. The van der Waals surface area contributed by atoms with Gasteiger partial charge in [0.2, 0.25) is 0 Å². The number of carboxylic acid groups (broad SMARTS) is 1. The third kappa shape index (κ3) is 3.30. The van der Waals surface area contributed by atoms with Gasteiger partial charge >= 0.3 is 5.97 Å². The molecule has 0 amide bonds. The lowest BCUT2D eigenvalue weighted by atomic mass is 10.2. The quantitative estimate of drug-likeness (QED) is 0.681. The number of aromatic amines is 1. The van der Waals surface area contributed by atoms with Gasteiger partial charge in [0, 0.05) is 25.2 Å². The summed E-state index contributed by atoms with van der Waals surface area (Å²) in [6.45, 7) is 5.12. The monoisotopic (exact) mass is 310 g/mol. The van der Waals surface area contributed by atoms with Crippen LogP contribution < -0.4 is 0 Å². The number of aliphatic hydroxyl groups excluding tert-OH is 1. The molecule has 8 nitrogen and oxygen atoms in total. The standard InChI is InChI=1S/C14H22N4O4/c19-12-9-22-8-11(12)18-3-1-2-17(4-5-18)7-10-6-15-16-13(10)14(20)21/h6,11-12,19H,1-5,7-9H2,(H,15,16)(H,20,21)/t11-,12-/m0/s1. The van der Waals surface area contributed by atoms with Crippen molar-refractivity contribution in [2.24, 2.45) is 0 Å². The van der Waals surface area contributed by atoms with Crippen LogP contribution in [-0.2, 0) is 11.3 Å². The maximum Gasteiger partial charge on any atom is 0.354 e. The smallest absolute Gasteiger partial charge is 0.354 e. The van der Waals surface area contributed by atoms with Gasteiger partial charge in [-0.2, -0.15) is 5.10 Å². The summed E-state index contributed by atoms with van der Waals surface area (Å²) in [5, 5.41) is 25.4. The highest BCUT2D eigenvalue weighted by Gasteiger charge is 2.32. The molecular weight excluding hydrogens is 288 g/mol. The number of carboxylic acids is 1. The number of aliphatic hydroxyl groups is 1. The Balaban J connectivity index is 1.58. The van der Waals surface area contributed by atoms with Crippen molar-refractivity contribution in [3.8, 4) is 0 Å². The Hall–Kier alpha value is -1.48. The van der Waals surface area contributed by atoms with Crippen molar-refractivity contribution in [3.63, 3.8) is 0 Å². The second-order valence-corrected chi connectivity index (χ2v) is 5.91. The molecule has 0 spiro atoms. The fraction of sp³-hybridized carbons (Fsp3) is 0.714. The van der Waals surface area contributed by atoms with Gasteiger partial charge in [-0.25, -0.2) is 4.79 Å². The molecule has 2 fully saturated rings. The van der Waals surface area contributed by atoms with E-state index in [9.17, 15) is 9.90 Å².